The van der Waals surface area contributed by atoms with Gasteiger partial charge in [0.15, 0.2) is 0 Å². The van der Waals surface area contributed by atoms with Gasteiger partial charge >= 0.3 is 0 Å². The summed E-state index contributed by atoms with van der Waals surface area (Å²) in [4.78, 5) is 14.2. The largest absolute Gasteiger partial charge is 0.494 e. The molecule has 2 aromatic carbocycles. The van der Waals surface area contributed by atoms with Gasteiger partial charge in [0, 0.05) is 18.8 Å². The van der Waals surface area contributed by atoms with Gasteiger partial charge in [-0.3, -0.25) is 4.79 Å². The maximum absolute atomic E-state index is 12.3. The van der Waals surface area contributed by atoms with Crippen LogP contribution < -0.4 is 10.1 Å². The Morgan fingerprint density at radius 2 is 1.78 bits per heavy atom. The van der Waals surface area contributed by atoms with E-state index in [9.17, 15) is 4.79 Å². The first kappa shape index (κ1) is 19.3. The minimum Gasteiger partial charge on any atom is -0.494 e. The second kappa shape index (κ2) is 10.0. The van der Waals surface area contributed by atoms with E-state index in [-0.39, 0.29) is 5.91 Å². The van der Waals surface area contributed by atoms with Crippen molar-refractivity contribution < 1.29 is 9.53 Å². The van der Waals surface area contributed by atoms with Crippen LogP contribution in [0.15, 0.2) is 54.6 Å². The number of benzene rings is 2. The Morgan fingerprint density at radius 1 is 1.07 bits per heavy atom. The Kier molecular flexibility index (Phi) is 7.14. The lowest BCUT2D eigenvalue weighted by Crippen LogP contribution is -2.40. The molecule has 0 saturated carbocycles. The predicted octanol–water partition coefficient (Wildman–Crippen LogP) is 4.37. The average Bonchev–Trinajstić information content (AvgIpc) is 2.71. The second-order valence-corrected chi connectivity index (χ2v) is 7.38. The first-order valence-corrected chi connectivity index (χ1v) is 9.99. The van der Waals surface area contributed by atoms with Gasteiger partial charge in [-0.25, -0.2) is 0 Å². The highest BCUT2D eigenvalue weighted by Gasteiger charge is 2.19. The first-order valence-electron chi connectivity index (χ1n) is 9.99. The summed E-state index contributed by atoms with van der Waals surface area (Å²) in [5, 5.41) is 3.22. The van der Waals surface area contributed by atoms with Gasteiger partial charge in [0.1, 0.15) is 5.75 Å². The summed E-state index contributed by atoms with van der Waals surface area (Å²) >= 11 is 0. The van der Waals surface area contributed by atoms with Crippen molar-refractivity contribution >= 4 is 11.6 Å². The van der Waals surface area contributed by atoms with E-state index in [2.05, 4.69) is 36.5 Å². The van der Waals surface area contributed by atoms with Crippen molar-refractivity contribution in [2.75, 3.05) is 31.6 Å². The van der Waals surface area contributed by atoms with E-state index < -0.39 is 0 Å². The van der Waals surface area contributed by atoms with E-state index in [4.69, 9.17) is 4.74 Å². The van der Waals surface area contributed by atoms with E-state index >= 15 is 0 Å². The molecule has 2 aromatic rings. The SMILES string of the molecule is CC1CCN(C(=O)CNc2ccc(OCCCc3ccccc3)cc2)CC1. The molecule has 1 aliphatic rings. The summed E-state index contributed by atoms with van der Waals surface area (Å²) in [6.45, 7) is 5.08. The predicted molar refractivity (Wildman–Crippen MR) is 110 cm³/mol. The molecular weight excluding hydrogens is 336 g/mol. The number of piperidine rings is 1. The zero-order valence-corrected chi connectivity index (χ0v) is 16.2. The Bertz CT molecular complexity index is 692. The van der Waals surface area contributed by atoms with Crippen molar-refractivity contribution in [2.45, 2.75) is 32.6 Å². The normalized spacial score (nSPS) is 14.8. The Balaban J connectivity index is 1.35. The van der Waals surface area contributed by atoms with E-state index in [0.717, 1.165) is 56.1 Å². The number of rotatable bonds is 8. The summed E-state index contributed by atoms with van der Waals surface area (Å²) in [6, 6.07) is 18.3. The number of nitrogens with one attached hydrogen (secondary N) is 1. The molecule has 1 aliphatic heterocycles. The van der Waals surface area contributed by atoms with Crippen LogP contribution in [0.4, 0.5) is 5.69 Å². The highest BCUT2D eigenvalue weighted by molar-refractivity contribution is 5.81. The van der Waals surface area contributed by atoms with Crippen molar-refractivity contribution in [1.29, 1.82) is 0 Å². The zero-order chi connectivity index (χ0) is 18.9. The minimum absolute atomic E-state index is 0.183. The number of anilines is 1. The molecule has 0 radical (unpaired) electrons. The number of likely N-dealkylation sites (tertiary alicyclic amines) is 1. The van der Waals surface area contributed by atoms with Crippen molar-refractivity contribution in [2.24, 2.45) is 5.92 Å². The first-order chi connectivity index (χ1) is 13.2. The van der Waals surface area contributed by atoms with Crippen LogP contribution in [-0.2, 0) is 11.2 Å². The number of hydrogen-bond donors (Lipinski definition) is 1. The van der Waals surface area contributed by atoms with Crippen molar-refractivity contribution in [3.63, 3.8) is 0 Å². The second-order valence-electron chi connectivity index (χ2n) is 7.38. The van der Waals surface area contributed by atoms with Gasteiger partial charge < -0.3 is 15.0 Å². The van der Waals surface area contributed by atoms with Crippen LogP contribution in [0.3, 0.4) is 0 Å². The van der Waals surface area contributed by atoms with Crippen molar-refractivity contribution in [3.05, 3.63) is 60.2 Å². The lowest BCUT2D eigenvalue weighted by atomic mass is 9.99. The van der Waals surface area contributed by atoms with E-state index in [1.54, 1.807) is 0 Å². The third-order valence-corrected chi connectivity index (χ3v) is 5.16. The highest BCUT2D eigenvalue weighted by atomic mass is 16.5. The molecular formula is C23H30N2O2. The van der Waals surface area contributed by atoms with Crippen LogP contribution >= 0.6 is 0 Å². The van der Waals surface area contributed by atoms with Gasteiger partial charge in [-0.05, 0) is 61.4 Å². The molecule has 1 amide bonds. The molecule has 0 spiro atoms. The molecule has 1 heterocycles. The van der Waals surface area contributed by atoms with Gasteiger partial charge in [-0.2, -0.15) is 0 Å². The lowest BCUT2D eigenvalue weighted by Gasteiger charge is -2.30. The molecule has 0 unspecified atom stereocenters. The van der Waals surface area contributed by atoms with E-state index in [1.807, 2.05) is 35.2 Å². The highest BCUT2D eigenvalue weighted by Crippen LogP contribution is 2.18. The third-order valence-electron chi connectivity index (χ3n) is 5.16. The fraction of sp³-hybridized carbons (Fsp3) is 0.435. The van der Waals surface area contributed by atoms with E-state index in [1.165, 1.54) is 5.56 Å². The lowest BCUT2D eigenvalue weighted by molar-refractivity contribution is -0.130. The van der Waals surface area contributed by atoms with Crippen LogP contribution in [0, 0.1) is 5.92 Å². The van der Waals surface area contributed by atoms with Crippen molar-refractivity contribution in [1.82, 2.24) is 4.90 Å². The van der Waals surface area contributed by atoms with Gasteiger partial charge in [0.25, 0.3) is 0 Å². The smallest absolute Gasteiger partial charge is 0.241 e. The van der Waals surface area contributed by atoms with Crippen molar-refractivity contribution in [3.8, 4) is 5.75 Å². The molecule has 4 nitrogen and oxygen atoms in total. The maximum atomic E-state index is 12.3. The van der Waals surface area contributed by atoms with E-state index in [0.29, 0.717) is 13.2 Å². The Hall–Kier alpha value is -2.49. The average molecular weight is 367 g/mol. The van der Waals surface area contributed by atoms with Crippen LogP contribution in [0.1, 0.15) is 31.7 Å². The topological polar surface area (TPSA) is 41.6 Å². The number of nitrogens with zero attached hydrogens (tertiary/aromatic N) is 1. The summed E-state index contributed by atoms with van der Waals surface area (Å²) in [7, 11) is 0. The number of amides is 1. The fourth-order valence-corrected chi connectivity index (χ4v) is 3.33. The van der Waals surface area contributed by atoms with Gasteiger partial charge in [-0.1, -0.05) is 37.3 Å². The Morgan fingerprint density at radius 3 is 2.48 bits per heavy atom. The van der Waals surface area contributed by atoms with Gasteiger partial charge in [0.05, 0.1) is 13.2 Å². The molecule has 144 valence electrons. The monoisotopic (exact) mass is 366 g/mol. The number of aryl methyl sites for hydroxylation is 1. The summed E-state index contributed by atoms with van der Waals surface area (Å²) in [6.07, 6.45) is 4.24. The maximum Gasteiger partial charge on any atom is 0.241 e. The molecule has 27 heavy (non-hydrogen) atoms. The molecule has 4 heteroatoms. The van der Waals surface area contributed by atoms with Crippen LogP contribution in [0.5, 0.6) is 5.75 Å². The number of carbonyl (C=O) groups excluding carboxylic acids is 1. The molecule has 1 fully saturated rings. The summed E-state index contributed by atoms with van der Waals surface area (Å²) in [5.41, 5.74) is 2.29. The molecule has 0 aliphatic carbocycles. The molecule has 0 aromatic heterocycles. The molecule has 0 bridgehead atoms. The molecule has 0 atom stereocenters. The zero-order valence-electron chi connectivity index (χ0n) is 16.2. The quantitative estimate of drug-likeness (QED) is 0.706. The fourth-order valence-electron chi connectivity index (χ4n) is 3.33. The Labute approximate surface area is 162 Å². The van der Waals surface area contributed by atoms with Gasteiger partial charge in [-0.15, -0.1) is 0 Å². The third kappa shape index (κ3) is 6.31. The number of ether oxygens (including phenoxy) is 1. The minimum atomic E-state index is 0.183. The number of hydrogen-bond acceptors (Lipinski definition) is 3. The summed E-state index contributed by atoms with van der Waals surface area (Å²) < 4.78 is 5.81. The number of carbonyl (C=O) groups is 1. The summed E-state index contributed by atoms with van der Waals surface area (Å²) in [5.74, 6) is 1.79. The molecule has 1 N–H and O–H groups in total. The molecule has 3 rings (SSSR count). The molecule has 1 saturated heterocycles. The standard InChI is InChI=1S/C23H30N2O2/c1-19-13-15-25(16-14-19)23(26)18-24-21-9-11-22(12-10-21)27-17-5-8-20-6-3-2-4-7-20/h2-4,6-7,9-12,19,24H,5,8,13-18H2,1H3. The van der Waals surface area contributed by atoms with Crippen LogP contribution in [-0.4, -0.2) is 37.0 Å². The van der Waals surface area contributed by atoms with Crippen LogP contribution in [0.25, 0.3) is 0 Å². The van der Waals surface area contributed by atoms with Gasteiger partial charge in [0.2, 0.25) is 5.91 Å². The van der Waals surface area contributed by atoms with Crippen LogP contribution in [0.2, 0.25) is 0 Å².